The first-order valence-corrected chi connectivity index (χ1v) is 12.7. The number of anilines is 3. The van der Waals surface area contributed by atoms with Gasteiger partial charge in [-0.3, -0.25) is 0 Å². The highest BCUT2D eigenvalue weighted by atomic mass is 32.2. The van der Waals surface area contributed by atoms with E-state index in [1.165, 1.54) is 41.8 Å². The topological polar surface area (TPSA) is 106 Å². The normalized spacial score (nSPS) is 14.6. The van der Waals surface area contributed by atoms with Gasteiger partial charge in [-0.25, -0.2) is 32.3 Å². The Morgan fingerprint density at radius 3 is 2.50 bits per heavy atom. The van der Waals surface area contributed by atoms with Gasteiger partial charge in [0.2, 0.25) is 5.95 Å². The summed E-state index contributed by atoms with van der Waals surface area (Å²) in [7, 11) is -2.27. The molecule has 0 aliphatic carbocycles. The van der Waals surface area contributed by atoms with Gasteiger partial charge in [-0.1, -0.05) is 17.4 Å². The first-order chi connectivity index (χ1) is 17.4. The number of aromatic nitrogens is 3. The van der Waals surface area contributed by atoms with Crippen LogP contribution < -0.4 is 15.4 Å². The molecule has 1 fully saturated rings. The van der Waals surface area contributed by atoms with Crippen molar-refractivity contribution in [2.45, 2.75) is 4.90 Å². The summed E-state index contributed by atoms with van der Waals surface area (Å²) in [6.45, 7) is 2.32. The number of morpholine rings is 1. The molecule has 0 amide bonds. The Hall–Kier alpha value is -3.55. The lowest BCUT2D eigenvalue weighted by atomic mass is 10.1. The molecular weight excluding hydrogens is 513 g/mol. The van der Waals surface area contributed by atoms with Crippen molar-refractivity contribution >= 4 is 39.1 Å². The van der Waals surface area contributed by atoms with Gasteiger partial charge in [0.1, 0.15) is 22.3 Å². The first-order valence-electron chi connectivity index (χ1n) is 10.8. The Kier molecular flexibility index (Phi) is 6.85. The second-order valence-electron chi connectivity index (χ2n) is 7.69. The van der Waals surface area contributed by atoms with Crippen molar-refractivity contribution in [1.82, 2.24) is 15.0 Å². The zero-order valence-electron chi connectivity index (χ0n) is 18.6. The molecule has 0 bridgehead atoms. The van der Waals surface area contributed by atoms with Crippen LogP contribution in [-0.4, -0.2) is 45.5 Å². The van der Waals surface area contributed by atoms with Gasteiger partial charge in [0.25, 0.3) is 0 Å². The third-order valence-corrected chi connectivity index (χ3v) is 7.66. The number of ether oxygens (including phenoxy) is 1. The van der Waals surface area contributed by atoms with E-state index in [2.05, 4.69) is 14.7 Å². The Labute approximate surface area is 210 Å². The molecule has 186 valence electrons. The van der Waals surface area contributed by atoms with Crippen LogP contribution in [0.2, 0.25) is 0 Å². The molecule has 1 unspecified atom stereocenters. The highest BCUT2D eigenvalue weighted by Gasteiger charge is 2.24. The van der Waals surface area contributed by atoms with Crippen molar-refractivity contribution in [1.29, 1.82) is 0 Å². The van der Waals surface area contributed by atoms with Crippen molar-refractivity contribution in [2.24, 2.45) is 0 Å². The minimum Gasteiger partial charge on any atom is -0.378 e. The van der Waals surface area contributed by atoms with E-state index in [0.29, 0.717) is 47.7 Å². The summed E-state index contributed by atoms with van der Waals surface area (Å²) in [5, 5.41) is 0.648. The Balaban J connectivity index is 1.56. The number of rotatable bonds is 6. The van der Waals surface area contributed by atoms with Gasteiger partial charge in [0, 0.05) is 30.5 Å². The third kappa shape index (κ3) is 4.90. The second-order valence-corrected chi connectivity index (χ2v) is 9.82. The predicted molar refractivity (Wildman–Crippen MR) is 132 cm³/mol. The number of halogens is 3. The molecule has 0 saturated carbocycles. The van der Waals surface area contributed by atoms with E-state index >= 15 is 4.39 Å². The molecule has 3 heterocycles. The molecule has 8 nitrogen and oxygen atoms in total. The molecule has 5 rings (SSSR count). The summed E-state index contributed by atoms with van der Waals surface area (Å²) < 4.78 is 63.9. The van der Waals surface area contributed by atoms with Crippen LogP contribution >= 0.6 is 11.3 Å². The van der Waals surface area contributed by atoms with E-state index in [1.807, 2.05) is 4.90 Å². The van der Waals surface area contributed by atoms with Gasteiger partial charge in [-0.15, -0.1) is 0 Å². The summed E-state index contributed by atoms with van der Waals surface area (Å²) in [4.78, 5) is 14.9. The fourth-order valence-electron chi connectivity index (χ4n) is 3.64. The smallest absolute Gasteiger partial charge is 0.220 e. The molecule has 0 spiro atoms. The Bertz CT molecular complexity index is 1430. The summed E-state index contributed by atoms with van der Waals surface area (Å²) >= 11 is 1.32. The van der Waals surface area contributed by atoms with E-state index < -0.39 is 33.3 Å². The van der Waals surface area contributed by atoms with Gasteiger partial charge in [0.15, 0.2) is 16.1 Å². The number of nitrogens with zero attached hydrogens (tertiary/aromatic N) is 4. The molecule has 1 saturated heterocycles. The van der Waals surface area contributed by atoms with Crippen LogP contribution in [0.4, 0.5) is 29.9 Å². The average molecular weight is 533 g/mol. The van der Waals surface area contributed by atoms with Crippen LogP contribution in [0.3, 0.4) is 0 Å². The quantitative estimate of drug-likeness (QED) is 0.383. The Morgan fingerprint density at radius 1 is 1.03 bits per heavy atom. The Morgan fingerprint density at radius 2 is 1.78 bits per heavy atom. The predicted octanol–water partition coefficient (Wildman–Crippen LogP) is 4.24. The third-order valence-electron chi connectivity index (χ3n) is 5.34. The number of nitrogens with two attached hydrogens (primary N) is 1. The molecule has 2 aromatic heterocycles. The molecule has 36 heavy (non-hydrogen) atoms. The van der Waals surface area contributed by atoms with E-state index in [9.17, 15) is 13.0 Å². The maximum absolute atomic E-state index is 15.1. The number of nitrogens with one attached hydrogen (secondary N) is 1. The lowest BCUT2D eigenvalue weighted by molar-refractivity contribution is 0.122. The highest BCUT2D eigenvalue weighted by Crippen LogP contribution is 2.41. The summed E-state index contributed by atoms with van der Waals surface area (Å²) in [5.41, 5.74) is 6.81. The summed E-state index contributed by atoms with van der Waals surface area (Å²) in [5.74, 6) is -2.45. The van der Waals surface area contributed by atoms with E-state index in [4.69, 9.17) is 15.5 Å². The summed E-state index contributed by atoms with van der Waals surface area (Å²) in [6, 6.07) is 8.72. The molecular formula is C23H19F3N6O2S2. The highest BCUT2D eigenvalue weighted by molar-refractivity contribution is 7.86. The van der Waals surface area contributed by atoms with Crippen LogP contribution in [-0.2, 0) is 15.7 Å². The standard InChI is InChI=1S/C23H19F3N6O2S2/c24-15-5-4-13(31-36(33)21-16(25)2-1-3-17(21)26)12-14(15)19-20(18-6-7-28-22(27)29-18)35-23(30-19)32-8-10-34-11-9-32/h1-7,12,31H,8-11H2,(H2,27,28,29). The first kappa shape index (κ1) is 24.2. The second kappa shape index (κ2) is 10.2. The minimum atomic E-state index is -2.27. The van der Waals surface area contributed by atoms with Gasteiger partial charge in [-0.2, -0.15) is 0 Å². The lowest BCUT2D eigenvalue weighted by Crippen LogP contribution is -2.36. The van der Waals surface area contributed by atoms with Crippen molar-refractivity contribution in [2.75, 3.05) is 41.7 Å². The minimum absolute atomic E-state index is 0.0537. The van der Waals surface area contributed by atoms with Crippen molar-refractivity contribution in [3.8, 4) is 21.8 Å². The van der Waals surface area contributed by atoms with Crippen molar-refractivity contribution in [3.63, 3.8) is 0 Å². The van der Waals surface area contributed by atoms with Crippen LogP contribution in [0, 0.1) is 17.5 Å². The van der Waals surface area contributed by atoms with Crippen LogP contribution in [0.25, 0.3) is 21.8 Å². The molecule has 13 heteroatoms. The van der Waals surface area contributed by atoms with E-state index in [1.54, 1.807) is 6.07 Å². The van der Waals surface area contributed by atoms with Gasteiger partial charge >= 0.3 is 0 Å². The SMILES string of the molecule is Nc1nccc(-c2sc(N3CCOCC3)nc2-c2cc(NS(=O)c3c(F)cccc3F)ccc2F)n1. The number of benzene rings is 2. The van der Waals surface area contributed by atoms with E-state index in [0.717, 1.165) is 12.1 Å². The lowest BCUT2D eigenvalue weighted by Gasteiger charge is -2.26. The van der Waals surface area contributed by atoms with Gasteiger partial charge in [-0.05, 0) is 36.4 Å². The largest absolute Gasteiger partial charge is 0.378 e. The van der Waals surface area contributed by atoms with Gasteiger partial charge < -0.3 is 20.1 Å². The average Bonchev–Trinajstić information content (AvgIpc) is 3.31. The monoisotopic (exact) mass is 532 g/mol. The maximum Gasteiger partial charge on any atom is 0.220 e. The fraction of sp³-hybridized carbons (Fsp3) is 0.174. The molecule has 4 aromatic rings. The van der Waals surface area contributed by atoms with Crippen LogP contribution in [0.15, 0.2) is 53.6 Å². The van der Waals surface area contributed by atoms with E-state index in [-0.39, 0.29) is 17.2 Å². The molecule has 2 aromatic carbocycles. The fourth-order valence-corrected chi connectivity index (χ4v) is 5.68. The zero-order chi connectivity index (χ0) is 25.2. The molecule has 1 aliphatic heterocycles. The molecule has 1 aliphatic rings. The molecule has 0 radical (unpaired) electrons. The number of hydrogen-bond acceptors (Lipinski definition) is 8. The van der Waals surface area contributed by atoms with Gasteiger partial charge in [0.05, 0.1) is 29.5 Å². The van der Waals surface area contributed by atoms with Crippen molar-refractivity contribution < 1.29 is 22.1 Å². The number of hydrogen-bond donors (Lipinski definition) is 2. The zero-order valence-corrected chi connectivity index (χ0v) is 20.2. The summed E-state index contributed by atoms with van der Waals surface area (Å²) in [6.07, 6.45) is 1.50. The number of nitrogen functional groups attached to an aromatic ring is 1. The van der Waals surface area contributed by atoms with Crippen LogP contribution in [0.1, 0.15) is 0 Å². The van der Waals surface area contributed by atoms with Crippen molar-refractivity contribution in [3.05, 3.63) is 66.1 Å². The number of thiazole rings is 1. The maximum atomic E-state index is 15.1. The van der Waals surface area contributed by atoms with Crippen LogP contribution in [0.5, 0.6) is 0 Å². The molecule has 1 atom stereocenters. The molecule has 3 N–H and O–H groups in total.